The summed E-state index contributed by atoms with van der Waals surface area (Å²) in [6.45, 7) is 5.40. The predicted molar refractivity (Wildman–Crippen MR) is 96.4 cm³/mol. The fourth-order valence-corrected chi connectivity index (χ4v) is 2.98. The van der Waals surface area contributed by atoms with Gasteiger partial charge >= 0.3 is 0 Å². The van der Waals surface area contributed by atoms with Crippen LogP contribution in [0.3, 0.4) is 0 Å². The molecule has 5 nitrogen and oxygen atoms in total. The van der Waals surface area contributed by atoms with E-state index in [1.165, 1.54) is 0 Å². The molecular weight excluding hydrogens is 310 g/mol. The first-order valence-electron chi connectivity index (χ1n) is 7.82. The molecule has 2 rings (SSSR count). The zero-order valence-corrected chi connectivity index (χ0v) is 15.0. The monoisotopic (exact) mass is 335 g/mol. The van der Waals surface area contributed by atoms with Crippen LogP contribution in [0.15, 0.2) is 23.6 Å². The van der Waals surface area contributed by atoms with Crippen molar-refractivity contribution in [1.29, 1.82) is 0 Å². The molecule has 0 bridgehead atoms. The Morgan fingerprint density at radius 3 is 2.48 bits per heavy atom. The third-order valence-corrected chi connectivity index (χ3v) is 4.22. The normalized spacial score (nSPS) is 12.0. The van der Waals surface area contributed by atoms with Gasteiger partial charge in [-0.05, 0) is 19.9 Å². The van der Waals surface area contributed by atoms with E-state index < -0.39 is 0 Å². The number of nitrogens with zero attached hydrogens (tertiary/aromatic N) is 1. The third kappa shape index (κ3) is 5.41. The minimum Gasteiger partial charge on any atom is -0.497 e. The molecule has 1 atom stereocenters. The van der Waals surface area contributed by atoms with Gasteiger partial charge in [0.25, 0.3) is 0 Å². The molecule has 0 saturated heterocycles. The Labute approximate surface area is 142 Å². The first-order chi connectivity index (χ1) is 11.1. The number of benzene rings is 1. The van der Waals surface area contributed by atoms with Crippen molar-refractivity contribution in [2.24, 2.45) is 0 Å². The molecule has 6 heteroatoms. The van der Waals surface area contributed by atoms with Gasteiger partial charge in [0.1, 0.15) is 11.5 Å². The van der Waals surface area contributed by atoms with Crippen LogP contribution in [0.2, 0.25) is 0 Å². The first-order valence-corrected chi connectivity index (χ1v) is 8.70. The van der Waals surface area contributed by atoms with Gasteiger partial charge in [-0.1, -0.05) is 6.92 Å². The number of thiazole rings is 1. The van der Waals surface area contributed by atoms with E-state index in [1.807, 2.05) is 18.2 Å². The molecule has 1 unspecified atom stereocenters. The quantitative estimate of drug-likeness (QED) is 0.729. The lowest BCUT2D eigenvalue weighted by atomic mass is 10.2. The molecule has 0 aliphatic heterocycles. The standard InChI is InChI=1S/C17H25N3O2S/c1-5-6-18-12(2)7-14-11-23-17(20-14)19-13-8-15(21-3)10-16(9-13)22-4/h8-12,18H,5-7H2,1-4H3,(H,19,20). The first kappa shape index (κ1) is 17.6. The van der Waals surface area contributed by atoms with Crippen molar-refractivity contribution in [3.63, 3.8) is 0 Å². The lowest BCUT2D eigenvalue weighted by Crippen LogP contribution is -2.28. The highest BCUT2D eigenvalue weighted by molar-refractivity contribution is 7.13. The third-order valence-electron chi connectivity index (χ3n) is 3.41. The van der Waals surface area contributed by atoms with Crippen LogP contribution in [0.25, 0.3) is 0 Å². The van der Waals surface area contributed by atoms with E-state index in [4.69, 9.17) is 9.47 Å². The molecule has 0 saturated carbocycles. The number of hydrogen-bond donors (Lipinski definition) is 2. The zero-order valence-electron chi connectivity index (χ0n) is 14.2. The van der Waals surface area contributed by atoms with E-state index in [0.717, 1.165) is 47.4 Å². The fourth-order valence-electron chi connectivity index (χ4n) is 2.24. The predicted octanol–water partition coefficient (Wildman–Crippen LogP) is 3.83. The van der Waals surface area contributed by atoms with Gasteiger partial charge in [-0.2, -0.15) is 0 Å². The Morgan fingerprint density at radius 2 is 1.87 bits per heavy atom. The molecular formula is C17H25N3O2S. The Morgan fingerprint density at radius 1 is 1.17 bits per heavy atom. The van der Waals surface area contributed by atoms with Crippen LogP contribution in [0.5, 0.6) is 11.5 Å². The van der Waals surface area contributed by atoms with Crippen molar-refractivity contribution in [3.05, 3.63) is 29.3 Å². The van der Waals surface area contributed by atoms with E-state index in [-0.39, 0.29) is 0 Å². The second-order valence-corrected chi connectivity index (χ2v) is 6.29. The van der Waals surface area contributed by atoms with Crippen LogP contribution >= 0.6 is 11.3 Å². The lowest BCUT2D eigenvalue weighted by Gasteiger charge is -2.11. The summed E-state index contributed by atoms with van der Waals surface area (Å²) in [6.07, 6.45) is 2.07. The zero-order chi connectivity index (χ0) is 16.7. The smallest absolute Gasteiger partial charge is 0.187 e. The van der Waals surface area contributed by atoms with Crippen LogP contribution in [0.1, 0.15) is 26.0 Å². The Kier molecular flexibility index (Phi) is 6.67. The molecule has 0 fully saturated rings. The topological polar surface area (TPSA) is 55.4 Å². The van der Waals surface area contributed by atoms with Gasteiger partial charge in [0.2, 0.25) is 0 Å². The summed E-state index contributed by atoms with van der Waals surface area (Å²) in [5, 5.41) is 9.77. The average Bonchev–Trinajstić information content (AvgIpc) is 2.99. The lowest BCUT2D eigenvalue weighted by molar-refractivity contribution is 0.395. The van der Waals surface area contributed by atoms with Crippen LogP contribution in [-0.2, 0) is 6.42 Å². The Hall–Kier alpha value is -1.79. The van der Waals surface area contributed by atoms with Crippen LogP contribution < -0.4 is 20.1 Å². The van der Waals surface area contributed by atoms with E-state index in [0.29, 0.717) is 6.04 Å². The second-order valence-electron chi connectivity index (χ2n) is 5.43. The molecule has 2 aromatic rings. The van der Waals surface area contributed by atoms with Gasteiger partial charge in [0.05, 0.1) is 19.9 Å². The summed E-state index contributed by atoms with van der Waals surface area (Å²) in [5.74, 6) is 1.50. The second kappa shape index (κ2) is 8.74. The molecule has 23 heavy (non-hydrogen) atoms. The van der Waals surface area contributed by atoms with Gasteiger partial charge in [0.15, 0.2) is 5.13 Å². The maximum absolute atomic E-state index is 5.29. The minimum absolute atomic E-state index is 0.432. The molecule has 0 amide bonds. The van der Waals surface area contributed by atoms with Crippen molar-refractivity contribution in [2.45, 2.75) is 32.7 Å². The van der Waals surface area contributed by atoms with Gasteiger partial charge < -0.3 is 20.1 Å². The van der Waals surface area contributed by atoms with E-state index in [2.05, 4.69) is 34.8 Å². The minimum atomic E-state index is 0.432. The summed E-state index contributed by atoms with van der Waals surface area (Å²) >= 11 is 1.61. The molecule has 1 heterocycles. The SMILES string of the molecule is CCCNC(C)Cc1csc(Nc2cc(OC)cc(OC)c2)n1. The highest BCUT2D eigenvalue weighted by Gasteiger charge is 2.08. The maximum atomic E-state index is 5.29. The van der Waals surface area contributed by atoms with Gasteiger partial charge in [0, 0.05) is 41.7 Å². The van der Waals surface area contributed by atoms with Gasteiger partial charge in [-0.25, -0.2) is 4.98 Å². The molecule has 0 aliphatic carbocycles. The van der Waals surface area contributed by atoms with E-state index >= 15 is 0 Å². The molecule has 2 N–H and O–H groups in total. The van der Waals surface area contributed by atoms with Gasteiger partial charge in [-0.3, -0.25) is 0 Å². The molecule has 0 aliphatic rings. The van der Waals surface area contributed by atoms with Crippen molar-refractivity contribution < 1.29 is 9.47 Å². The highest BCUT2D eigenvalue weighted by atomic mass is 32.1. The van der Waals surface area contributed by atoms with E-state index in [1.54, 1.807) is 25.6 Å². The van der Waals surface area contributed by atoms with Crippen LogP contribution in [-0.4, -0.2) is 31.8 Å². The molecule has 1 aromatic heterocycles. The Balaban J connectivity index is 2.01. The summed E-state index contributed by atoms with van der Waals surface area (Å²) in [6, 6.07) is 6.13. The highest BCUT2D eigenvalue weighted by Crippen LogP contribution is 2.29. The number of aromatic nitrogens is 1. The number of anilines is 2. The van der Waals surface area contributed by atoms with Crippen molar-refractivity contribution in [2.75, 3.05) is 26.1 Å². The number of hydrogen-bond acceptors (Lipinski definition) is 6. The van der Waals surface area contributed by atoms with Crippen molar-refractivity contribution >= 4 is 22.2 Å². The summed E-state index contributed by atoms with van der Waals surface area (Å²) in [7, 11) is 3.29. The van der Waals surface area contributed by atoms with Crippen molar-refractivity contribution in [1.82, 2.24) is 10.3 Å². The number of ether oxygens (including phenoxy) is 2. The summed E-state index contributed by atoms with van der Waals surface area (Å²) in [4.78, 5) is 4.65. The summed E-state index contributed by atoms with van der Waals surface area (Å²) < 4.78 is 10.6. The Bertz CT molecular complexity index is 593. The average molecular weight is 335 g/mol. The van der Waals surface area contributed by atoms with Crippen molar-refractivity contribution in [3.8, 4) is 11.5 Å². The maximum Gasteiger partial charge on any atom is 0.187 e. The van der Waals surface area contributed by atoms with Crippen LogP contribution in [0.4, 0.5) is 10.8 Å². The van der Waals surface area contributed by atoms with Crippen LogP contribution in [0, 0.1) is 0 Å². The molecule has 0 radical (unpaired) electrons. The molecule has 0 spiro atoms. The fraction of sp³-hybridized carbons (Fsp3) is 0.471. The largest absolute Gasteiger partial charge is 0.497 e. The number of nitrogens with one attached hydrogen (secondary N) is 2. The summed E-state index contributed by atoms with van der Waals surface area (Å²) in [5.41, 5.74) is 2.00. The molecule has 126 valence electrons. The number of methoxy groups -OCH3 is 2. The molecule has 1 aromatic carbocycles. The van der Waals surface area contributed by atoms with E-state index in [9.17, 15) is 0 Å². The van der Waals surface area contributed by atoms with Gasteiger partial charge in [-0.15, -0.1) is 11.3 Å². The number of rotatable bonds is 9.